The summed E-state index contributed by atoms with van der Waals surface area (Å²) >= 11 is 0. The van der Waals surface area contributed by atoms with Gasteiger partial charge in [-0.1, -0.05) is 26.2 Å². The molecule has 0 N–H and O–H groups in total. The molecule has 1 aromatic rings. The summed E-state index contributed by atoms with van der Waals surface area (Å²) in [5.74, 6) is 1.000. The van der Waals surface area contributed by atoms with Gasteiger partial charge >= 0.3 is 0 Å². The Hall–Kier alpha value is -0.970. The lowest BCUT2D eigenvalue weighted by molar-refractivity contribution is 0.178. The molecular weight excluding hydrogens is 214 g/mol. The van der Waals surface area contributed by atoms with E-state index in [0.29, 0.717) is 0 Å². The molecule has 5 nitrogen and oxygen atoms in total. The first-order valence-electron chi connectivity index (χ1n) is 6.76. The van der Waals surface area contributed by atoms with Crippen molar-refractivity contribution in [1.82, 2.24) is 25.1 Å². The molecule has 2 rings (SSSR count). The number of nitrogens with zero attached hydrogens (tertiary/aromatic N) is 5. The lowest BCUT2D eigenvalue weighted by atomic mass is 9.94. The molecule has 17 heavy (non-hydrogen) atoms. The number of hydrogen-bond acceptors (Lipinski definition) is 4. The standard InChI is InChI=1S/C12H23N5/c1-3-9-17-12(13-14-15-17)10-16(2)11-7-5-4-6-8-11/h11H,3-10H2,1-2H3. The van der Waals surface area contributed by atoms with Crippen LogP contribution in [0, 0.1) is 0 Å². The quantitative estimate of drug-likeness (QED) is 0.784. The van der Waals surface area contributed by atoms with Crippen molar-refractivity contribution < 1.29 is 0 Å². The third kappa shape index (κ3) is 3.25. The zero-order chi connectivity index (χ0) is 12.1. The highest BCUT2D eigenvalue weighted by molar-refractivity contribution is 4.83. The first kappa shape index (κ1) is 12.5. The Morgan fingerprint density at radius 1 is 1.29 bits per heavy atom. The molecule has 0 aromatic carbocycles. The van der Waals surface area contributed by atoms with E-state index in [1.165, 1.54) is 32.1 Å². The Kier molecular flexibility index (Phi) is 4.48. The van der Waals surface area contributed by atoms with Gasteiger partial charge in [-0.3, -0.25) is 4.90 Å². The normalized spacial score (nSPS) is 17.8. The lowest BCUT2D eigenvalue weighted by Gasteiger charge is -2.30. The van der Waals surface area contributed by atoms with Gasteiger partial charge in [-0.2, -0.15) is 0 Å². The maximum absolute atomic E-state index is 4.13. The minimum absolute atomic E-state index is 0.718. The third-order valence-corrected chi connectivity index (χ3v) is 3.63. The van der Waals surface area contributed by atoms with Gasteiger partial charge in [-0.05, 0) is 36.7 Å². The highest BCUT2D eigenvalue weighted by atomic mass is 15.5. The van der Waals surface area contributed by atoms with Crippen LogP contribution in [0.3, 0.4) is 0 Å². The van der Waals surface area contributed by atoms with Crippen LogP contribution in [-0.4, -0.2) is 38.2 Å². The van der Waals surface area contributed by atoms with Gasteiger partial charge in [-0.15, -0.1) is 5.10 Å². The van der Waals surface area contributed by atoms with Crippen LogP contribution in [-0.2, 0) is 13.1 Å². The van der Waals surface area contributed by atoms with E-state index in [1.54, 1.807) is 0 Å². The van der Waals surface area contributed by atoms with Gasteiger partial charge in [0.2, 0.25) is 0 Å². The number of tetrazole rings is 1. The number of aromatic nitrogens is 4. The molecule has 1 heterocycles. The fourth-order valence-electron chi connectivity index (χ4n) is 2.60. The van der Waals surface area contributed by atoms with E-state index in [2.05, 4.69) is 34.4 Å². The van der Waals surface area contributed by atoms with Gasteiger partial charge in [0, 0.05) is 12.6 Å². The molecule has 0 unspecified atom stereocenters. The molecular formula is C12H23N5. The van der Waals surface area contributed by atoms with Crippen LogP contribution < -0.4 is 0 Å². The smallest absolute Gasteiger partial charge is 0.165 e. The van der Waals surface area contributed by atoms with E-state index in [-0.39, 0.29) is 0 Å². The molecule has 1 aliphatic carbocycles. The van der Waals surface area contributed by atoms with Gasteiger partial charge in [0.15, 0.2) is 5.82 Å². The Morgan fingerprint density at radius 2 is 2.06 bits per heavy atom. The first-order chi connectivity index (χ1) is 8.31. The summed E-state index contributed by atoms with van der Waals surface area (Å²) in [6.07, 6.45) is 7.87. The fraction of sp³-hybridized carbons (Fsp3) is 0.917. The van der Waals surface area contributed by atoms with Crippen molar-refractivity contribution in [2.75, 3.05) is 7.05 Å². The first-order valence-corrected chi connectivity index (χ1v) is 6.76. The highest BCUT2D eigenvalue weighted by Crippen LogP contribution is 2.22. The summed E-state index contributed by atoms with van der Waals surface area (Å²) < 4.78 is 1.93. The van der Waals surface area contributed by atoms with E-state index in [4.69, 9.17) is 0 Å². The Bertz CT molecular complexity index is 329. The van der Waals surface area contributed by atoms with Crippen molar-refractivity contribution in [2.45, 2.75) is 64.6 Å². The minimum atomic E-state index is 0.718. The van der Waals surface area contributed by atoms with Gasteiger partial charge in [0.1, 0.15) is 0 Å². The zero-order valence-electron chi connectivity index (χ0n) is 11.0. The predicted octanol–water partition coefficient (Wildman–Crippen LogP) is 1.85. The second-order valence-electron chi connectivity index (χ2n) is 5.03. The summed E-state index contributed by atoms with van der Waals surface area (Å²) in [4.78, 5) is 2.41. The molecule has 0 saturated heterocycles. The van der Waals surface area contributed by atoms with E-state index in [0.717, 1.165) is 31.4 Å². The summed E-state index contributed by atoms with van der Waals surface area (Å²) in [5, 5.41) is 11.9. The predicted molar refractivity (Wildman–Crippen MR) is 66.4 cm³/mol. The molecule has 0 spiro atoms. The van der Waals surface area contributed by atoms with E-state index >= 15 is 0 Å². The van der Waals surface area contributed by atoms with Crippen LogP contribution in [0.1, 0.15) is 51.3 Å². The molecule has 1 aliphatic rings. The maximum Gasteiger partial charge on any atom is 0.165 e. The molecule has 0 radical (unpaired) electrons. The average molecular weight is 237 g/mol. The molecule has 0 aliphatic heterocycles. The van der Waals surface area contributed by atoms with Crippen molar-refractivity contribution in [3.05, 3.63) is 5.82 Å². The second kappa shape index (κ2) is 6.10. The van der Waals surface area contributed by atoms with Crippen molar-refractivity contribution in [2.24, 2.45) is 0 Å². The van der Waals surface area contributed by atoms with Crippen LogP contribution in [0.15, 0.2) is 0 Å². The summed E-state index contributed by atoms with van der Waals surface area (Å²) in [7, 11) is 2.20. The van der Waals surface area contributed by atoms with Crippen LogP contribution in [0.4, 0.5) is 0 Å². The molecule has 1 aromatic heterocycles. The summed E-state index contributed by atoms with van der Waals surface area (Å²) in [6, 6.07) is 0.718. The zero-order valence-corrected chi connectivity index (χ0v) is 11.0. The highest BCUT2D eigenvalue weighted by Gasteiger charge is 2.19. The van der Waals surface area contributed by atoms with Gasteiger partial charge in [0.25, 0.3) is 0 Å². The fourth-order valence-corrected chi connectivity index (χ4v) is 2.60. The van der Waals surface area contributed by atoms with Crippen molar-refractivity contribution in [1.29, 1.82) is 0 Å². The molecule has 1 saturated carbocycles. The molecule has 0 bridgehead atoms. The summed E-state index contributed by atoms with van der Waals surface area (Å²) in [6.45, 7) is 3.94. The monoisotopic (exact) mass is 237 g/mol. The Morgan fingerprint density at radius 3 is 2.76 bits per heavy atom. The largest absolute Gasteiger partial charge is 0.296 e. The van der Waals surface area contributed by atoms with Crippen LogP contribution in [0.25, 0.3) is 0 Å². The molecule has 0 amide bonds. The summed E-state index contributed by atoms with van der Waals surface area (Å²) in [5.41, 5.74) is 0. The SMILES string of the molecule is CCCn1nnnc1CN(C)C1CCCCC1. The minimum Gasteiger partial charge on any atom is -0.296 e. The maximum atomic E-state index is 4.13. The average Bonchev–Trinajstić information content (AvgIpc) is 2.78. The van der Waals surface area contributed by atoms with Gasteiger partial charge in [0.05, 0.1) is 6.54 Å². The Labute approximate surface area is 103 Å². The lowest BCUT2D eigenvalue weighted by Crippen LogP contribution is -2.33. The van der Waals surface area contributed by atoms with Gasteiger partial charge in [-0.25, -0.2) is 4.68 Å². The Balaban J connectivity index is 1.92. The van der Waals surface area contributed by atoms with E-state index in [1.807, 2.05) is 4.68 Å². The topological polar surface area (TPSA) is 46.8 Å². The van der Waals surface area contributed by atoms with Gasteiger partial charge < -0.3 is 0 Å². The number of rotatable bonds is 5. The van der Waals surface area contributed by atoms with Crippen LogP contribution >= 0.6 is 0 Å². The molecule has 5 heteroatoms. The molecule has 0 atom stereocenters. The van der Waals surface area contributed by atoms with E-state index < -0.39 is 0 Å². The number of hydrogen-bond donors (Lipinski definition) is 0. The number of aryl methyl sites for hydroxylation is 1. The van der Waals surface area contributed by atoms with Crippen LogP contribution in [0.2, 0.25) is 0 Å². The van der Waals surface area contributed by atoms with Crippen molar-refractivity contribution in [3.8, 4) is 0 Å². The van der Waals surface area contributed by atoms with Crippen molar-refractivity contribution >= 4 is 0 Å². The third-order valence-electron chi connectivity index (χ3n) is 3.63. The molecule has 96 valence electrons. The second-order valence-corrected chi connectivity index (χ2v) is 5.03. The van der Waals surface area contributed by atoms with E-state index in [9.17, 15) is 0 Å². The molecule has 1 fully saturated rings. The van der Waals surface area contributed by atoms with Crippen molar-refractivity contribution in [3.63, 3.8) is 0 Å². The van der Waals surface area contributed by atoms with Crippen LogP contribution in [0.5, 0.6) is 0 Å².